The van der Waals surface area contributed by atoms with Gasteiger partial charge in [-0.2, -0.15) is 0 Å². The van der Waals surface area contributed by atoms with Crippen LogP contribution >= 0.6 is 0 Å². The molecule has 0 unspecified atom stereocenters. The van der Waals surface area contributed by atoms with Gasteiger partial charge in [-0.1, -0.05) is 0 Å². The van der Waals surface area contributed by atoms with Gasteiger partial charge in [0.1, 0.15) is 0 Å². The van der Waals surface area contributed by atoms with Gasteiger partial charge < -0.3 is 16.4 Å². The molecule has 2 rings (SSSR count). The van der Waals surface area contributed by atoms with Gasteiger partial charge in [0.25, 0.3) is 0 Å². The number of carbonyl (C=O) groups excluding carboxylic acids is 1. The van der Waals surface area contributed by atoms with Crippen LogP contribution in [0.25, 0.3) is 0 Å². The Morgan fingerprint density at radius 1 is 1.04 bits per heavy atom. The predicted molar refractivity (Wildman–Crippen MR) is 100 cm³/mol. The van der Waals surface area contributed by atoms with E-state index in [2.05, 4.69) is 35.6 Å². The Balaban J connectivity index is 0. The van der Waals surface area contributed by atoms with Crippen molar-refractivity contribution in [2.45, 2.75) is 26.7 Å². The van der Waals surface area contributed by atoms with E-state index >= 15 is 0 Å². The van der Waals surface area contributed by atoms with Crippen molar-refractivity contribution in [2.75, 3.05) is 11.4 Å². The second-order valence-electron chi connectivity index (χ2n) is 5.23. The normalized spacial score (nSPS) is 9.12. The number of hydrogen-bond donors (Lipinski definition) is 0. The summed E-state index contributed by atoms with van der Waals surface area (Å²) in [6, 6.07) is 16.0. The maximum Gasteiger partial charge on any atom is -0.412 e. The summed E-state index contributed by atoms with van der Waals surface area (Å²) >= 11 is 2.06. The van der Waals surface area contributed by atoms with Crippen molar-refractivity contribution < 1.29 is 21.2 Å². The number of amides is 1. The number of carbonyl (C=O) groups is 1. The average Bonchev–Trinajstić information content (AvgIpc) is 2.49. The molecule has 0 saturated carbocycles. The molecule has 0 bridgehead atoms. The molecule has 0 aliphatic heterocycles. The van der Waals surface area contributed by atoms with Crippen molar-refractivity contribution in [3.63, 3.8) is 0 Å². The largest absolute Gasteiger partial charge is 0.412 e. The minimum absolute atomic E-state index is 0. The summed E-state index contributed by atoms with van der Waals surface area (Å²) in [5.74, 6) is 0.0796. The van der Waals surface area contributed by atoms with E-state index in [1.165, 1.54) is 4.40 Å². The van der Waals surface area contributed by atoms with E-state index in [4.69, 9.17) is 0 Å². The van der Waals surface area contributed by atoms with Gasteiger partial charge >= 0.3 is 135 Å². The van der Waals surface area contributed by atoms with E-state index in [0.29, 0.717) is 0 Å². The summed E-state index contributed by atoms with van der Waals surface area (Å²) in [7, 11) is 0. The summed E-state index contributed by atoms with van der Waals surface area (Å²) < 4.78 is 1.21. The average molecular weight is 393 g/mol. The molecule has 0 aliphatic carbocycles. The smallest absolute Gasteiger partial charge is 0.412 e. The van der Waals surface area contributed by atoms with E-state index < -0.39 is 0 Å². The quantitative estimate of drug-likeness (QED) is 0.686. The number of rotatable bonds is 5. The number of anilines is 1. The minimum Gasteiger partial charge on any atom is -0.412 e. The summed E-state index contributed by atoms with van der Waals surface area (Å²) in [5, 5.41) is 0. The Labute approximate surface area is 151 Å². The molecule has 1 amide bonds. The van der Waals surface area contributed by atoms with Crippen molar-refractivity contribution in [1.29, 1.82) is 0 Å². The molecule has 0 heterocycles. The molecule has 24 heavy (non-hydrogen) atoms. The monoisotopic (exact) mass is 394 g/mol. The second-order valence-corrected chi connectivity index (χ2v) is 6.44. The first-order chi connectivity index (χ1) is 10.1. The van der Waals surface area contributed by atoms with Crippen LogP contribution < -0.4 is 9.30 Å². The van der Waals surface area contributed by atoms with E-state index in [0.717, 1.165) is 36.2 Å². The van der Waals surface area contributed by atoms with Gasteiger partial charge in [0.05, 0.1) is 0 Å². The van der Waals surface area contributed by atoms with Gasteiger partial charge in [0.15, 0.2) is 0 Å². The maximum absolute atomic E-state index is 12.8. The molecule has 0 atom stereocenters. The molecule has 5 nitrogen and oxygen atoms in total. The standard InChI is InChI=1S/C18H20GeNO.3H2O/c1-3-4-12-20(17-10-8-16(19)9-11-17)18(21)15-7-5-6-14(2)13-15;;;/h5-11,13H,3-4,12H2,1-2H3;3*1H2. The van der Waals surface area contributed by atoms with Crippen LogP contribution in [-0.4, -0.2) is 45.4 Å². The predicted octanol–water partition coefficient (Wildman–Crippen LogP) is 0.762. The Morgan fingerprint density at radius 2 is 1.67 bits per heavy atom. The molecule has 0 aromatic heterocycles. The number of hydrogen-bond acceptors (Lipinski definition) is 1. The second kappa shape index (κ2) is 11.8. The van der Waals surface area contributed by atoms with Crippen LogP contribution in [0.2, 0.25) is 0 Å². The first-order valence-electron chi connectivity index (χ1n) is 7.32. The summed E-state index contributed by atoms with van der Waals surface area (Å²) in [6.07, 6.45) is 2.08. The van der Waals surface area contributed by atoms with Crippen LogP contribution in [0.15, 0.2) is 48.5 Å². The fourth-order valence-corrected chi connectivity index (χ4v) is 2.59. The molecule has 6 N–H and O–H groups in total. The maximum atomic E-state index is 12.8. The van der Waals surface area contributed by atoms with Crippen molar-refractivity contribution in [3.05, 3.63) is 59.7 Å². The number of aryl methyl sites for hydroxylation is 1. The van der Waals surface area contributed by atoms with Crippen LogP contribution in [0.4, 0.5) is 5.69 Å². The summed E-state index contributed by atoms with van der Waals surface area (Å²) in [6.45, 7) is 4.91. The fourth-order valence-electron chi connectivity index (χ4n) is 2.24. The fraction of sp³-hybridized carbons (Fsp3) is 0.278. The number of unbranched alkanes of at least 4 members (excludes halogenated alkanes) is 1. The molecule has 2 aromatic carbocycles. The van der Waals surface area contributed by atoms with Crippen LogP contribution in [-0.2, 0) is 0 Å². The third-order valence-electron chi connectivity index (χ3n) is 3.42. The van der Waals surface area contributed by atoms with E-state index in [9.17, 15) is 4.79 Å². The number of benzene rings is 2. The first kappa shape index (κ1) is 24.6. The van der Waals surface area contributed by atoms with E-state index in [1.807, 2.05) is 48.2 Å². The zero-order chi connectivity index (χ0) is 15.2. The van der Waals surface area contributed by atoms with Gasteiger partial charge in [-0.15, -0.1) is 0 Å². The molecule has 0 spiro atoms. The molecule has 0 saturated heterocycles. The Kier molecular flexibility index (Phi) is 12.1. The molecule has 0 fully saturated rings. The van der Waals surface area contributed by atoms with Crippen molar-refractivity contribution in [1.82, 2.24) is 0 Å². The van der Waals surface area contributed by atoms with Gasteiger partial charge in [-0.25, -0.2) is 0 Å². The Bertz CT molecular complexity index is 617. The molecule has 3 radical (unpaired) electrons. The topological polar surface area (TPSA) is 115 Å². The number of nitrogens with zero attached hydrogens (tertiary/aromatic N) is 1. The summed E-state index contributed by atoms with van der Waals surface area (Å²) in [4.78, 5) is 14.7. The van der Waals surface area contributed by atoms with Crippen LogP contribution in [0.3, 0.4) is 0 Å². The van der Waals surface area contributed by atoms with E-state index in [-0.39, 0.29) is 22.3 Å². The minimum atomic E-state index is 0. The zero-order valence-corrected chi connectivity index (χ0v) is 16.2. The first-order valence-corrected chi connectivity index (χ1v) is 8.37. The Hall–Kier alpha value is -1.67. The third kappa shape index (κ3) is 6.45. The molecular weight excluding hydrogens is 367 g/mol. The molecular formula is C18H26GeNO4. The molecule has 131 valence electrons. The van der Waals surface area contributed by atoms with Gasteiger partial charge in [0, 0.05) is 0 Å². The zero-order valence-electron chi connectivity index (χ0n) is 14.1. The van der Waals surface area contributed by atoms with Crippen LogP contribution in [0.5, 0.6) is 0 Å². The van der Waals surface area contributed by atoms with Crippen LogP contribution in [0, 0.1) is 6.92 Å². The van der Waals surface area contributed by atoms with Crippen molar-refractivity contribution >= 4 is 32.5 Å². The molecule has 0 aliphatic rings. The third-order valence-corrected chi connectivity index (χ3v) is 4.12. The van der Waals surface area contributed by atoms with Crippen molar-refractivity contribution in [3.8, 4) is 0 Å². The van der Waals surface area contributed by atoms with Crippen LogP contribution in [0.1, 0.15) is 35.7 Å². The van der Waals surface area contributed by atoms with Crippen molar-refractivity contribution in [2.24, 2.45) is 0 Å². The van der Waals surface area contributed by atoms with Gasteiger partial charge in [-0.05, 0) is 0 Å². The Morgan fingerprint density at radius 3 is 2.21 bits per heavy atom. The molecule has 6 heteroatoms. The van der Waals surface area contributed by atoms with E-state index in [1.54, 1.807) is 0 Å². The van der Waals surface area contributed by atoms with Gasteiger partial charge in [0.2, 0.25) is 0 Å². The SMILES string of the molecule is CCCCN(C(=O)c1cccc(C)c1)c1cc[c]([Ge])cc1.O.O.O. The summed E-state index contributed by atoms with van der Waals surface area (Å²) in [5.41, 5.74) is 2.84. The van der Waals surface area contributed by atoms with Gasteiger partial charge in [-0.3, -0.25) is 0 Å². The molecule has 2 aromatic rings.